The normalized spacial score (nSPS) is 10.6. The number of nitrogens with zero attached hydrogens (tertiary/aromatic N) is 2. The predicted molar refractivity (Wildman–Crippen MR) is 48.3 cm³/mol. The second kappa shape index (κ2) is 4.79. The Morgan fingerprint density at radius 3 is 2.69 bits per heavy atom. The Morgan fingerprint density at radius 2 is 2.31 bits per heavy atom. The van der Waals surface area contributed by atoms with Crippen LogP contribution in [0.4, 0.5) is 14.5 Å². The lowest BCUT2D eigenvalue weighted by molar-refractivity contribution is -0.386. The van der Waals surface area contributed by atoms with Gasteiger partial charge in [0.25, 0.3) is 12.1 Å². The Hall–Kier alpha value is -1.83. The predicted octanol–water partition coefficient (Wildman–Crippen LogP) is 1.43. The largest absolute Gasteiger partial charge is 0.481 e. The van der Waals surface area contributed by atoms with Crippen molar-refractivity contribution in [1.29, 1.82) is 0 Å². The molecule has 0 spiro atoms. The minimum absolute atomic E-state index is 0.247. The number of ether oxygens (including phenoxy) is 1. The Kier molecular flexibility index (Phi) is 3.67. The van der Waals surface area contributed by atoms with Crippen molar-refractivity contribution in [2.45, 2.75) is 13.0 Å². The monoisotopic (exact) mass is 234 g/mol. The van der Waals surface area contributed by atoms with E-state index >= 15 is 0 Å². The number of aliphatic hydroxyl groups excluding tert-OH is 1. The molecular formula is C8H8F2N2O4. The smallest absolute Gasteiger partial charge is 0.297 e. The van der Waals surface area contributed by atoms with Crippen LogP contribution in [0, 0.1) is 10.1 Å². The third-order valence-electron chi connectivity index (χ3n) is 1.93. The highest BCUT2D eigenvalue weighted by Gasteiger charge is 2.28. The number of halogens is 2. The average molecular weight is 234 g/mol. The molecule has 1 aromatic heterocycles. The minimum Gasteiger partial charge on any atom is -0.481 e. The summed E-state index contributed by atoms with van der Waals surface area (Å²) in [4.78, 5) is 13.0. The quantitative estimate of drug-likeness (QED) is 0.629. The van der Waals surface area contributed by atoms with E-state index in [4.69, 9.17) is 5.11 Å². The third kappa shape index (κ3) is 2.06. The first-order chi connectivity index (χ1) is 7.52. The molecule has 0 aliphatic carbocycles. The molecule has 1 aromatic rings. The molecule has 8 heteroatoms. The SMILES string of the molecule is COc1ncc([N+](=O)[O-])c(C(F)F)c1CO. The summed E-state index contributed by atoms with van der Waals surface area (Å²) < 4.78 is 29.9. The van der Waals surface area contributed by atoms with E-state index in [0.717, 1.165) is 0 Å². The summed E-state index contributed by atoms with van der Waals surface area (Å²) >= 11 is 0. The summed E-state index contributed by atoms with van der Waals surface area (Å²) in [5, 5.41) is 19.4. The van der Waals surface area contributed by atoms with Gasteiger partial charge in [0, 0.05) is 0 Å². The van der Waals surface area contributed by atoms with Gasteiger partial charge in [0.15, 0.2) is 0 Å². The molecule has 6 nitrogen and oxygen atoms in total. The fourth-order valence-corrected chi connectivity index (χ4v) is 1.25. The number of pyridine rings is 1. The van der Waals surface area contributed by atoms with Gasteiger partial charge < -0.3 is 9.84 Å². The average Bonchev–Trinajstić information content (AvgIpc) is 2.26. The summed E-state index contributed by atoms with van der Waals surface area (Å²) in [6.07, 6.45) is -2.40. The standard InChI is InChI=1S/C8H8F2N2O4/c1-16-8-4(3-13)6(7(9)10)5(2-11-8)12(14)15/h2,7,13H,3H2,1H3. The Labute approximate surface area is 88.6 Å². The van der Waals surface area contributed by atoms with Crippen molar-refractivity contribution in [3.63, 3.8) is 0 Å². The van der Waals surface area contributed by atoms with Gasteiger partial charge in [-0.05, 0) is 0 Å². The van der Waals surface area contributed by atoms with E-state index in [-0.39, 0.29) is 11.4 Å². The lowest BCUT2D eigenvalue weighted by Gasteiger charge is -2.10. The van der Waals surface area contributed by atoms with Crippen LogP contribution >= 0.6 is 0 Å². The first-order valence-electron chi connectivity index (χ1n) is 4.12. The van der Waals surface area contributed by atoms with Crippen molar-refractivity contribution in [3.8, 4) is 5.88 Å². The maximum atomic E-state index is 12.7. The fraction of sp³-hybridized carbons (Fsp3) is 0.375. The maximum absolute atomic E-state index is 12.7. The summed E-state index contributed by atoms with van der Waals surface area (Å²) in [7, 11) is 1.17. The van der Waals surface area contributed by atoms with Gasteiger partial charge in [-0.1, -0.05) is 0 Å². The molecule has 1 heterocycles. The van der Waals surface area contributed by atoms with Crippen LogP contribution in [0.15, 0.2) is 6.20 Å². The molecular weight excluding hydrogens is 226 g/mol. The van der Waals surface area contributed by atoms with Crippen LogP contribution in [0.25, 0.3) is 0 Å². The van der Waals surface area contributed by atoms with Crippen molar-refractivity contribution in [2.24, 2.45) is 0 Å². The lowest BCUT2D eigenvalue weighted by atomic mass is 10.1. The molecule has 0 atom stereocenters. The second-order valence-corrected chi connectivity index (χ2v) is 2.76. The van der Waals surface area contributed by atoms with Crippen LogP contribution in [0.3, 0.4) is 0 Å². The van der Waals surface area contributed by atoms with Crippen LogP contribution in [-0.4, -0.2) is 22.1 Å². The molecule has 16 heavy (non-hydrogen) atoms. The summed E-state index contributed by atoms with van der Waals surface area (Å²) in [5.41, 5.74) is -2.06. The Balaban J connectivity index is 3.50. The van der Waals surface area contributed by atoms with E-state index < -0.39 is 29.2 Å². The number of hydrogen-bond acceptors (Lipinski definition) is 5. The molecule has 0 saturated heterocycles. The molecule has 0 bridgehead atoms. The maximum Gasteiger partial charge on any atom is 0.297 e. The van der Waals surface area contributed by atoms with Gasteiger partial charge in [-0.2, -0.15) is 0 Å². The molecule has 0 aliphatic rings. The van der Waals surface area contributed by atoms with Crippen LogP contribution in [0.1, 0.15) is 17.6 Å². The van der Waals surface area contributed by atoms with Crippen molar-refractivity contribution in [2.75, 3.05) is 7.11 Å². The zero-order valence-electron chi connectivity index (χ0n) is 8.18. The fourth-order valence-electron chi connectivity index (χ4n) is 1.25. The Morgan fingerprint density at radius 1 is 1.69 bits per heavy atom. The molecule has 0 fully saturated rings. The van der Waals surface area contributed by atoms with Crippen LogP contribution in [-0.2, 0) is 6.61 Å². The van der Waals surface area contributed by atoms with Crippen LogP contribution in [0.5, 0.6) is 5.88 Å². The molecule has 1 rings (SSSR count). The first-order valence-corrected chi connectivity index (χ1v) is 4.12. The van der Waals surface area contributed by atoms with Crippen molar-refractivity contribution >= 4 is 5.69 Å². The van der Waals surface area contributed by atoms with Gasteiger partial charge >= 0.3 is 0 Å². The molecule has 0 amide bonds. The van der Waals surface area contributed by atoms with Gasteiger partial charge in [0.2, 0.25) is 5.88 Å². The molecule has 0 aromatic carbocycles. The molecule has 0 aliphatic heterocycles. The van der Waals surface area contributed by atoms with E-state index in [0.29, 0.717) is 6.20 Å². The van der Waals surface area contributed by atoms with Gasteiger partial charge in [-0.25, -0.2) is 13.8 Å². The Bertz CT molecular complexity index is 411. The van der Waals surface area contributed by atoms with Gasteiger partial charge in [0.05, 0.1) is 24.2 Å². The highest BCUT2D eigenvalue weighted by Crippen LogP contribution is 2.35. The van der Waals surface area contributed by atoms with E-state index in [1.54, 1.807) is 0 Å². The van der Waals surface area contributed by atoms with Gasteiger partial charge in [-0.3, -0.25) is 10.1 Å². The molecule has 1 N–H and O–H groups in total. The van der Waals surface area contributed by atoms with Crippen LogP contribution < -0.4 is 4.74 Å². The number of rotatable bonds is 4. The number of alkyl halides is 2. The van der Waals surface area contributed by atoms with Crippen molar-refractivity contribution in [3.05, 3.63) is 27.4 Å². The number of hydrogen-bond donors (Lipinski definition) is 1. The van der Waals surface area contributed by atoms with E-state index in [1.165, 1.54) is 7.11 Å². The lowest BCUT2D eigenvalue weighted by Crippen LogP contribution is -2.05. The van der Waals surface area contributed by atoms with Crippen LogP contribution in [0.2, 0.25) is 0 Å². The molecule has 0 radical (unpaired) electrons. The zero-order valence-corrected chi connectivity index (χ0v) is 8.18. The second-order valence-electron chi connectivity index (χ2n) is 2.76. The highest BCUT2D eigenvalue weighted by atomic mass is 19.3. The van der Waals surface area contributed by atoms with Gasteiger partial charge in [0.1, 0.15) is 11.8 Å². The van der Waals surface area contributed by atoms with E-state index in [2.05, 4.69) is 9.72 Å². The summed E-state index contributed by atoms with van der Waals surface area (Å²) in [6, 6.07) is 0. The topological polar surface area (TPSA) is 85.5 Å². The number of aromatic nitrogens is 1. The van der Waals surface area contributed by atoms with E-state index in [9.17, 15) is 18.9 Å². The van der Waals surface area contributed by atoms with Crippen molar-refractivity contribution < 1.29 is 23.5 Å². The zero-order chi connectivity index (χ0) is 12.3. The first kappa shape index (κ1) is 12.2. The molecule has 88 valence electrons. The number of methoxy groups -OCH3 is 1. The summed E-state index contributed by atoms with van der Waals surface area (Å²) in [6.45, 7) is -0.808. The minimum atomic E-state index is -3.08. The highest BCUT2D eigenvalue weighted by molar-refractivity contribution is 5.48. The van der Waals surface area contributed by atoms with Gasteiger partial charge in [-0.15, -0.1) is 0 Å². The third-order valence-corrected chi connectivity index (χ3v) is 1.93. The number of aliphatic hydroxyl groups is 1. The summed E-state index contributed by atoms with van der Waals surface area (Å²) in [5.74, 6) is -0.247. The number of nitro groups is 1. The molecule has 0 saturated carbocycles. The van der Waals surface area contributed by atoms with Crippen molar-refractivity contribution in [1.82, 2.24) is 4.98 Å². The van der Waals surface area contributed by atoms with E-state index in [1.807, 2.05) is 0 Å². The molecule has 0 unspecified atom stereocenters.